The Morgan fingerprint density at radius 3 is 1.20 bits per heavy atom. The molecule has 0 bridgehead atoms. The summed E-state index contributed by atoms with van der Waals surface area (Å²) in [7, 11) is 0. The van der Waals surface area contributed by atoms with Crippen molar-refractivity contribution in [2.24, 2.45) is 0 Å². The van der Waals surface area contributed by atoms with Crippen molar-refractivity contribution in [3.05, 3.63) is 281 Å². The van der Waals surface area contributed by atoms with Crippen molar-refractivity contribution in [2.45, 2.75) is 43.9 Å². The van der Waals surface area contributed by atoms with Gasteiger partial charge in [-0.05, 0) is 163 Å². The Kier molecular flexibility index (Phi) is 8.29. The molecule has 0 saturated heterocycles. The molecule has 16 rings (SSSR count). The number of anilines is 3. The Bertz CT molecular complexity index is 4370. The molecule has 4 aliphatic carbocycles. The Balaban J connectivity index is 1.07. The summed E-state index contributed by atoms with van der Waals surface area (Å²) in [5.41, 5.74) is 26.3. The lowest BCUT2D eigenvalue weighted by atomic mass is 9.70. The second-order valence-electron chi connectivity index (χ2n) is 22.3. The van der Waals surface area contributed by atoms with Crippen LogP contribution in [-0.4, -0.2) is 0 Å². The minimum absolute atomic E-state index is 0.135. The first kappa shape index (κ1) is 41.8. The van der Waals surface area contributed by atoms with E-state index in [0.29, 0.717) is 0 Å². The van der Waals surface area contributed by atoms with Crippen LogP contribution in [0.15, 0.2) is 237 Å². The van der Waals surface area contributed by atoms with Gasteiger partial charge < -0.3 is 4.90 Å². The zero-order chi connectivity index (χ0) is 49.2. The van der Waals surface area contributed by atoms with E-state index < -0.39 is 5.41 Å². The topological polar surface area (TPSA) is 3.24 Å². The van der Waals surface area contributed by atoms with Gasteiger partial charge >= 0.3 is 0 Å². The van der Waals surface area contributed by atoms with E-state index in [9.17, 15) is 0 Å². The third kappa shape index (κ3) is 5.24. The van der Waals surface area contributed by atoms with E-state index in [4.69, 9.17) is 0 Å². The summed E-state index contributed by atoms with van der Waals surface area (Å²) >= 11 is 0. The first-order valence-corrected chi connectivity index (χ1v) is 26.3. The van der Waals surface area contributed by atoms with Crippen molar-refractivity contribution in [3.8, 4) is 55.6 Å². The lowest BCUT2D eigenvalue weighted by Gasteiger charge is -2.34. The Labute approximate surface area is 432 Å². The van der Waals surface area contributed by atoms with Crippen LogP contribution in [0, 0.1) is 0 Å². The van der Waals surface area contributed by atoms with Gasteiger partial charge in [0.1, 0.15) is 0 Å². The quantitative estimate of drug-likeness (QED) is 0.159. The molecule has 0 atom stereocenters. The Hall–Kier alpha value is -8.78. The third-order valence-electron chi connectivity index (χ3n) is 18.0. The second-order valence-corrected chi connectivity index (χ2v) is 22.3. The lowest BCUT2D eigenvalue weighted by Crippen LogP contribution is -2.26. The summed E-state index contributed by atoms with van der Waals surface area (Å²) in [6, 6.07) is 90.6. The van der Waals surface area contributed by atoms with Crippen LogP contribution in [-0.2, 0) is 16.2 Å². The van der Waals surface area contributed by atoms with Crippen LogP contribution in [0.25, 0.3) is 88.0 Å². The van der Waals surface area contributed by atoms with Crippen molar-refractivity contribution >= 4 is 49.4 Å². The molecule has 0 amide bonds. The predicted molar refractivity (Wildman–Crippen MR) is 311 cm³/mol. The highest BCUT2D eigenvalue weighted by Crippen LogP contribution is 2.65. The number of hydrogen-bond acceptors (Lipinski definition) is 1. The maximum Gasteiger partial charge on any atom is 0.0726 e. The highest BCUT2D eigenvalue weighted by atomic mass is 15.1. The van der Waals surface area contributed by atoms with Crippen LogP contribution < -0.4 is 4.90 Å². The van der Waals surface area contributed by atoms with Gasteiger partial charge in [0.05, 0.1) is 11.1 Å². The van der Waals surface area contributed by atoms with E-state index in [2.05, 4.69) is 269 Å². The maximum absolute atomic E-state index is 2.63. The van der Waals surface area contributed by atoms with Gasteiger partial charge in [-0.25, -0.2) is 0 Å². The van der Waals surface area contributed by atoms with Gasteiger partial charge in [0.25, 0.3) is 0 Å². The molecule has 1 nitrogen and oxygen atoms in total. The number of hydrogen-bond donors (Lipinski definition) is 0. The molecular formula is C73H51N. The van der Waals surface area contributed by atoms with Gasteiger partial charge in [-0.2, -0.15) is 0 Å². The molecule has 0 aromatic heterocycles. The smallest absolute Gasteiger partial charge is 0.0726 e. The molecule has 74 heavy (non-hydrogen) atoms. The van der Waals surface area contributed by atoms with E-state index in [0.717, 1.165) is 17.1 Å². The molecule has 0 N–H and O–H groups in total. The molecule has 0 aliphatic heterocycles. The van der Waals surface area contributed by atoms with Gasteiger partial charge in [-0.3, -0.25) is 0 Å². The lowest BCUT2D eigenvalue weighted by molar-refractivity contribution is 0.660. The Morgan fingerprint density at radius 1 is 0.243 bits per heavy atom. The summed E-state index contributed by atoms with van der Waals surface area (Å²) in [5.74, 6) is 0. The van der Waals surface area contributed by atoms with Crippen LogP contribution in [0.4, 0.5) is 17.1 Å². The van der Waals surface area contributed by atoms with Crippen molar-refractivity contribution < 1.29 is 0 Å². The number of rotatable bonds is 4. The molecule has 12 aromatic rings. The Morgan fingerprint density at radius 2 is 0.622 bits per heavy atom. The van der Waals surface area contributed by atoms with Crippen LogP contribution in [0.1, 0.15) is 72.2 Å². The fourth-order valence-electron chi connectivity index (χ4n) is 14.9. The van der Waals surface area contributed by atoms with Crippen LogP contribution in [0.3, 0.4) is 0 Å². The van der Waals surface area contributed by atoms with Gasteiger partial charge in [0.2, 0.25) is 0 Å². The summed E-state index contributed by atoms with van der Waals surface area (Å²) in [5, 5.41) is 7.59. The molecule has 348 valence electrons. The average Bonchev–Trinajstić information content (AvgIpc) is 4.09. The summed E-state index contributed by atoms with van der Waals surface area (Å²) in [6.45, 7) is 9.63. The normalized spacial score (nSPS) is 15.1. The van der Waals surface area contributed by atoms with E-state index in [1.807, 2.05) is 0 Å². The molecule has 4 aliphatic rings. The fourth-order valence-corrected chi connectivity index (χ4v) is 14.9. The second kappa shape index (κ2) is 14.7. The highest BCUT2D eigenvalue weighted by molar-refractivity contribution is 6.26. The SMILES string of the molecule is CC1(C)c2ccccc2-c2cc(N(c3ccc4c5ccccc5c5ccccc5c4c3)c3cc4c(cc3-c3cccc5c3C(C)(C)c3ccccc3-5)-c3ccccc3C43c4ccccc4-c4ccccc43)ccc21. The molecule has 0 radical (unpaired) electrons. The molecule has 0 fully saturated rings. The van der Waals surface area contributed by atoms with Crippen molar-refractivity contribution in [3.63, 3.8) is 0 Å². The summed E-state index contributed by atoms with van der Waals surface area (Å²) < 4.78 is 0. The number of benzene rings is 12. The van der Waals surface area contributed by atoms with E-state index >= 15 is 0 Å². The minimum atomic E-state index is -0.536. The molecule has 0 heterocycles. The van der Waals surface area contributed by atoms with E-state index in [-0.39, 0.29) is 10.8 Å². The molecule has 12 aromatic carbocycles. The summed E-state index contributed by atoms with van der Waals surface area (Å²) in [6.07, 6.45) is 0. The predicted octanol–water partition coefficient (Wildman–Crippen LogP) is 19.2. The van der Waals surface area contributed by atoms with Crippen molar-refractivity contribution in [1.29, 1.82) is 0 Å². The van der Waals surface area contributed by atoms with Crippen molar-refractivity contribution in [2.75, 3.05) is 4.90 Å². The number of fused-ring (bicyclic) bond motifs is 22. The standard InChI is InChI=1S/C73H51N/c1-71(2)62-31-14-10-27-54(62)59-41-45(37-39-64(59)71)74(44-36-38-50-48-22-6-5-20-46(48)47-21-7-8-23-49(47)58(50)40-44)69-43-68-60(42-61(69)57-30-19-29-56-53-26-9-15-32-63(53)72(3,4)70(56)57)55-28-13-18-35-67(55)73(68)65-33-16-11-24-51(65)52-25-12-17-34-66(52)73/h5-43H,1-4H3. The van der Waals surface area contributed by atoms with E-state index in [1.165, 1.54) is 132 Å². The molecule has 1 heteroatoms. The van der Waals surface area contributed by atoms with Crippen LogP contribution in [0.5, 0.6) is 0 Å². The monoisotopic (exact) mass is 941 g/mol. The van der Waals surface area contributed by atoms with Gasteiger partial charge in [-0.1, -0.05) is 228 Å². The largest absolute Gasteiger partial charge is 0.310 e. The molecular weight excluding hydrogens is 891 g/mol. The van der Waals surface area contributed by atoms with Gasteiger partial charge in [-0.15, -0.1) is 0 Å². The average molecular weight is 942 g/mol. The van der Waals surface area contributed by atoms with Gasteiger partial charge in [0.15, 0.2) is 0 Å². The first-order valence-electron chi connectivity index (χ1n) is 26.3. The molecule has 0 saturated carbocycles. The van der Waals surface area contributed by atoms with Gasteiger partial charge in [0, 0.05) is 27.8 Å². The zero-order valence-electron chi connectivity index (χ0n) is 42.0. The third-order valence-corrected chi connectivity index (χ3v) is 18.0. The minimum Gasteiger partial charge on any atom is -0.310 e. The number of nitrogens with zero attached hydrogens (tertiary/aromatic N) is 1. The zero-order valence-corrected chi connectivity index (χ0v) is 42.0. The van der Waals surface area contributed by atoms with Crippen LogP contribution in [0.2, 0.25) is 0 Å². The van der Waals surface area contributed by atoms with E-state index in [1.54, 1.807) is 0 Å². The first-order chi connectivity index (χ1) is 36.2. The van der Waals surface area contributed by atoms with Crippen LogP contribution >= 0.6 is 0 Å². The molecule has 1 spiro atoms. The fraction of sp³-hybridized carbons (Fsp3) is 0.0959. The van der Waals surface area contributed by atoms with Crippen molar-refractivity contribution in [1.82, 2.24) is 0 Å². The maximum atomic E-state index is 2.63. The summed E-state index contributed by atoms with van der Waals surface area (Å²) in [4.78, 5) is 2.63. The molecule has 0 unspecified atom stereocenters. The highest BCUT2D eigenvalue weighted by Gasteiger charge is 2.52.